The van der Waals surface area contributed by atoms with Crippen LogP contribution in [0.1, 0.15) is 31.2 Å². The van der Waals surface area contributed by atoms with Gasteiger partial charge in [0.15, 0.2) is 5.78 Å². The van der Waals surface area contributed by atoms with Gasteiger partial charge in [0, 0.05) is 29.8 Å². The van der Waals surface area contributed by atoms with Crippen molar-refractivity contribution in [3.05, 3.63) is 48.3 Å². The van der Waals surface area contributed by atoms with Crippen molar-refractivity contribution in [2.24, 2.45) is 5.92 Å². The van der Waals surface area contributed by atoms with Crippen molar-refractivity contribution >= 4 is 33.7 Å². The molecule has 4 rings (SSSR count). The maximum absolute atomic E-state index is 11.7. The van der Waals surface area contributed by atoms with E-state index in [0.29, 0.717) is 12.3 Å². The molecular formula is C19H18N4OS. The highest BCUT2D eigenvalue weighted by Crippen LogP contribution is 2.39. The van der Waals surface area contributed by atoms with E-state index in [1.165, 1.54) is 28.5 Å². The fraction of sp³-hybridized carbons (Fsp3) is 0.263. The highest BCUT2D eigenvalue weighted by Gasteiger charge is 2.22. The highest BCUT2D eigenvalue weighted by molar-refractivity contribution is 7.12. The van der Waals surface area contributed by atoms with E-state index in [-0.39, 0.29) is 5.78 Å². The Hall–Kier alpha value is -2.60. The van der Waals surface area contributed by atoms with Crippen molar-refractivity contribution in [2.45, 2.75) is 25.7 Å². The number of allylic oxidation sites excluding steroid dienone is 3. The second kappa shape index (κ2) is 6.72. The molecule has 0 saturated carbocycles. The number of H-pyrrole nitrogens is 1. The molecule has 0 fully saturated rings. The molecule has 0 spiro atoms. The Morgan fingerprint density at radius 3 is 3.16 bits per heavy atom. The Labute approximate surface area is 149 Å². The van der Waals surface area contributed by atoms with Gasteiger partial charge in [-0.3, -0.25) is 4.79 Å². The third-order valence-electron chi connectivity index (χ3n) is 4.70. The second-order valence-electron chi connectivity index (χ2n) is 6.28. The van der Waals surface area contributed by atoms with Gasteiger partial charge in [-0.2, -0.15) is 0 Å². The number of nitrogens with one attached hydrogen (secondary N) is 1. The number of carbonyl (C=O) groups is 1. The lowest BCUT2D eigenvalue weighted by Crippen LogP contribution is -2.11. The zero-order valence-electron chi connectivity index (χ0n) is 13.7. The van der Waals surface area contributed by atoms with Crippen LogP contribution in [-0.4, -0.2) is 25.9 Å². The summed E-state index contributed by atoms with van der Waals surface area (Å²) in [6, 6.07) is 2.06. The smallest absolute Gasteiger partial charge is 0.155 e. The predicted octanol–water partition coefficient (Wildman–Crippen LogP) is 4.41. The van der Waals surface area contributed by atoms with Gasteiger partial charge in [0.1, 0.15) is 16.2 Å². The van der Waals surface area contributed by atoms with E-state index in [9.17, 15) is 4.79 Å². The molecule has 0 bridgehead atoms. The number of fused-ring (bicyclic) bond motifs is 1. The Bertz CT molecular complexity index is 955. The zero-order chi connectivity index (χ0) is 17.2. The number of aromatic nitrogens is 4. The Morgan fingerprint density at radius 2 is 2.36 bits per heavy atom. The Balaban J connectivity index is 1.74. The lowest BCUT2D eigenvalue weighted by Gasteiger charge is -2.22. The van der Waals surface area contributed by atoms with E-state index in [0.717, 1.165) is 40.9 Å². The van der Waals surface area contributed by atoms with Crippen molar-refractivity contribution in [1.82, 2.24) is 20.2 Å². The van der Waals surface area contributed by atoms with Gasteiger partial charge in [0.2, 0.25) is 0 Å². The highest BCUT2D eigenvalue weighted by atomic mass is 32.1. The maximum atomic E-state index is 11.7. The third kappa shape index (κ3) is 3.05. The van der Waals surface area contributed by atoms with Crippen molar-refractivity contribution in [1.29, 1.82) is 0 Å². The molecule has 25 heavy (non-hydrogen) atoms. The lowest BCUT2D eigenvalue weighted by molar-refractivity contribution is -0.115. The van der Waals surface area contributed by atoms with Crippen molar-refractivity contribution in [3.8, 4) is 10.6 Å². The van der Waals surface area contributed by atoms with Crippen molar-refractivity contribution < 1.29 is 4.79 Å². The molecule has 6 heteroatoms. The summed E-state index contributed by atoms with van der Waals surface area (Å²) in [5, 5.41) is 10.1. The number of hydrogen-bond donors (Lipinski definition) is 1. The first-order valence-electron chi connectivity index (χ1n) is 8.33. The monoisotopic (exact) mass is 350 g/mol. The lowest BCUT2D eigenvalue weighted by atomic mass is 9.82. The molecular weight excluding hydrogens is 332 g/mol. The van der Waals surface area contributed by atoms with Crippen LogP contribution in [0.25, 0.3) is 27.2 Å². The van der Waals surface area contributed by atoms with Gasteiger partial charge in [-0.25, -0.2) is 4.98 Å². The topological polar surface area (TPSA) is 71.5 Å². The summed E-state index contributed by atoms with van der Waals surface area (Å²) in [6.45, 7) is 3.59. The number of rotatable bonds is 5. The quantitative estimate of drug-likeness (QED) is 0.692. The molecule has 0 radical (unpaired) electrons. The molecule has 0 amide bonds. The largest absolute Gasteiger partial charge is 0.345 e. The van der Waals surface area contributed by atoms with E-state index >= 15 is 0 Å². The molecule has 1 aliphatic carbocycles. The van der Waals surface area contributed by atoms with Crippen LogP contribution in [0.4, 0.5) is 0 Å². The molecule has 1 unspecified atom stereocenters. The number of carbonyl (C=O) groups excluding carboxylic acids is 1. The van der Waals surface area contributed by atoms with Gasteiger partial charge in [-0.15, -0.1) is 10.2 Å². The minimum atomic E-state index is 0.127. The SMILES string of the molecule is C=CC(=O)CC1CCC=C(c2ccnc3[nH]cc(-c4nncs4)c23)C1. The van der Waals surface area contributed by atoms with Crippen LogP contribution in [0.15, 0.2) is 42.7 Å². The molecule has 1 atom stereocenters. The second-order valence-corrected chi connectivity index (χ2v) is 7.11. The van der Waals surface area contributed by atoms with Gasteiger partial charge in [-0.1, -0.05) is 24.0 Å². The average Bonchev–Trinajstić information content (AvgIpc) is 3.30. The van der Waals surface area contributed by atoms with Crippen LogP contribution in [0, 0.1) is 5.92 Å². The molecule has 1 aliphatic rings. The molecule has 3 aromatic rings. The van der Waals surface area contributed by atoms with Crippen LogP contribution in [0.3, 0.4) is 0 Å². The number of hydrogen-bond acceptors (Lipinski definition) is 5. The summed E-state index contributed by atoms with van der Waals surface area (Å²) in [5.74, 6) is 0.500. The van der Waals surface area contributed by atoms with Gasteiger partial charge < -0.3 is 4.98 Å². The summed E-state index contributed by atoms with van der Waals surface area (Å²) in [6.07, 6.45) is 11.0. The van der Waals surface area contributed by atoms with E-state index < -0.39 is 0 Å². The number of ketones is 1. The molecule has 0 aliphatic heterocycles. The van der Waals surface area contributed by atoms with Gasteiger partial charge in [0.25, 0.3) is 0 Å². The summed E-state index contributed by atoms with van der Waals surface area (Å²) in [5.41, 5.74) is 6.08. The first-order valence-corrected chi connectivity index (χ1v) is 9.21. The first kappa shape index (κ1) is 15.9. The van der Waals surface area contributed by atoms with Crippen LogP contribution in [0.5, 0.6) is 0 Å². The number of aromatic amines is 1. The zero-order valence-corrected chi connectivity index (χ0v) is 14.6. The molecule has 1 N–H and O–H groups in total. The molecule has 3 heterocycles. The van der Waals surface area contributed by atoms with Crippen molar-refractivity contribution in [2.75, 3.05) is 0 Å². The van der Waals surface area contributed by atoms with E-state index in [1.807, 2.05) is 12.4 Å². The van der Waals surface area contributed by atoms with Crippen LogP contribution in [-0.2, 0) is 4.79 Å². The van der Waals surface area contributed by atoms with E-state index in [2.05, 4.69) is 38.9 Å². The van der Waals surface area contributed by atoms with E-state index in [4.69, 9.17) is 0 Å². The first-order chi connectivity index (χ1) is 12.3. The Kier molecular flexibility index (Phi) is 4.28. The molecule has 5 nitrogen and oxygen atoms in total. The van der Waals surface area contributed by atoms with Gasteiger partial charge in [0.05, 0.1) is 0 Å². The fourth-order valence-corrected chi connectivity index (χ4v) is 4.11. The summed E-state index contributed by atoms with van der Waals surface area (Å²) in [4.78, 5) is 19.4. The van der Waals surface area contributed by atoms with Crippen LogP contribution < -0.4 is 0 Å². The predicted molar refractivity (Wildman–Crippen MR) is 100 cm³/mol. The molecule has 0 aromatic carbocycles. The normalized spacial score (nSPS) is 17.4. The fourth-order valence-electron chi connectivity index (χ4n) is 3.53. The minimum Gasteiger partial charge on any atom is -0.345 e. The van der Waals surface area contributed by atoms with Crippen LogP contribution in [0.2, 0.25) is 0 Å². The summed E-state index contributed by atoms with van der Waals surface area (Å²) in [7, 11) is 0. The molecule has 3 aromatic heterocycles. The number of pyridine rings is 1. The molecule has 126 valence electrons. The van der Waals surface area contributed by atoms with Crippen molar-refractivity contribution in [3.63, 3.8) is 0 Å². The van der Waals surface area contributed by atoms with Gasteiger partial charge >= 0.3 is 0 Å². The minimum absolute atomic E-state index is 0.127. The maximum Gasteiger partial charge on any atom is 0.155 e. The number of nitrogens with zero attached hydrogens (tertiary/aromatic N) is 3. The average molecular weight is 350 g/mol. The molecule has 0 saturated heterocycles. The third-order valence-corrected chi connectivity index (χ3v) is 5.43. The summed E-state index contributed by atoms with van der Waals surface area (Å²) >= 11 is 1.52. The van der Waals surface area contributed by atoms with Crippen LogP contribution >= 0.6 is 11.3 Å². The van der Waals surface area contributed by atoms with E-state index in [1.54, 1.807) is 5.51 Å². The van der Waals surface area contributed by atoms with Gasteiger partial charge in [-0.05, 0) is 48.5 Å². The Morgan fingerprint density at radius 1 is 1.44 bits per heavy atom. The summed E-state index contributed by atoms with van der Waals surface area (Å²) < 4.78 is 0. The standard InChI is InChI=1S/C19H18N4OS/c1-2-14(24)9-12-4-3-5-13(8-12)15-6-7-20-18-17(15)16(10-21-18)19-23-22-11-25-19/h2,5-7,10-12H,1,3-4,8-9H2,(H,20,21).